The number of rotatable bonds is 4. The van der Waals surface area contributed by atoms with Crippen LogP contribution in [0.4, 0.5) is 10.1 Å². The van der Waals surface area contributed by atoms with Crippen LogP contribution in [0.1, 0.15) is 20.8 Å². The van der Waals surface area contributed by atoms with Crippen LogP contribution in [0.15, 0.2) is 23.1 Å². The molecule has 0 saturated carbocycles. The van der Waals surface area contributed by atoms with Gasteiger partial charge in [-0.25, -0.2) is 17.9 Å². The van der Waals surface area contributed by atoms with E-state index in [2.05, 4.69) is 5.32 Å². The van der Waals surface area contributed by atoms with Crippen LogP contribution in [0.2, 0.25) is 0 Å². The number of anilines is 1. The van der Waals surface area contributed by atoms with Crippen molar-refractivity contribution in [2.75, 3.05) is 11.9 Å². The molecule has 0 aliphatic rings. The van der Waals surface area contributed by atoms with Gasteiger partial charge in [0.15, 0.2) is 0 Å². The van der Waals surface area contributed by atoms with Crippen molar-refractivity contribution in [2.45, 2.75) is 31.3 Å². The van der Waals surface area contributed by atoms with Crippen molar-refractivity contribution in [1.29, 1.82) is 0 Å². The quantitative estimate of drug-likeness (QED) is 0.815. The summed E-state index contributed by atoms with van der Waals surface area (Å²) in [6.45, 7) is 4.91. The van der Waals surface area contributed by atoms with Gasteiger partial charge >= 0.3 is 5.97 Å². The number of halogens is 1. The Morgan fingerprint density at radius 3 is 2.45 bits per heavy atom. The van der Waals surface area contributed by atoms with Crippen LogP contribution in [0.3, 0.4) is 0 Å². The first-order chi connectivity index (χ1) is 8.99. The number of carbonyl (C=O) groups is 1. The molecule has 0 aromatic heterocycles. The maximum Gasteiger partial charge on any atom is 0.325 e. The molecule has 1 rings (SSSR count). The molecule has 0 heterocycles. The van der Waals surface area contributed by atoms with Gasteiger partial charge in [-0.15, -0.1) is 0 Å². The van der Waals surface area contributed by atoms with Gasteiger partial charge in [0.25, 0.3) is 0 Å². The fraction of sp³-hybridized carbons (Fsp3) is 0.417. The normalized spacial score (nSPS) is 12.1. The van der Waals surface area contributed by atoms with Crippen molar-refractivity contribution in [3.05, 3.63) is 24.0 Å². The van der Waals surface area contributed by atoms with E-state index in [9.17, 15) is 17.6 Å². The highest BCUT2D eigenvalue weighted by Gasteiger charge is 2.17. The van der Waals surface area contributed by atoms with Crippen molar-refractivity contribution in [3.63, 3.8) is 0 Å². The molecule has 20 heavy (non-hydrogen) atoms. The molecule has 1 aromatic carbocycles. The zero-order chi connectivity index (χ0) is 15.6. The minimum atomic E-state index is -3.96. The minimum absolute atomic E-state index is 0.0109. The molecule has 0 bridgehead atoms. The summed E-state index contributed by atoms with van der Waals surface area (Å²) in [5.74, 6) is -1.37. The summed E-state index contributed by atoms with van der Waals surface area (Å²) in [5.41, 5.74) is -0.641. The molecule has 0 saturated heterocycles. The lowest BCUT2D eigenvalue weighted by Crippen LogP contribution is -2.28. The number of primary sulfonamides is 1. The second kappa shape index (κ2) is 5.76. The molecule has 1 aromatic rings. The average Bonchev–Trinajstić information content (AvgIpc) is 2.23. The molecular weight excluding hydrogens is 287 g/mol. The molecule has 0 fully saturated rings. The number of nitrogens with two attached hydrogens (primary N) is 1. The van der Waals surface area contributed by atoms with Gasteiger partial charge in [-0.2, -0.15) is 0 Å². The zero-order valence-electron chi connectivity index (χ0n) is 11.4. The number of nitrogens with one attached hydrogen (secondary N) is 1. The van der Waals surface area contributed by atoms with Gasteiger partial charge < -0.3 is 10.1 Å². The molecule has 112 valence electrons. The molecule has 8 heteroatoms. The van der Waals surface area contributed by atoms with Crippen LogP contribution in [0.25, 0.3) is 0 Å². The van der Waals surface area contributed by atoms with Crippen LogP contribution in [-0.2, 0) is 19.6 Å². The predicted molar refractivity (Wildman–Crippen MR) is 72.1 cm³/mol. The topological polar surface area (TPSA) is 98.5 Å². The highest BCUT2D eigenvalue weighted by Crippen LogP contribution is 2.18. The number of carbonyl (C=O) groups excluding carboxylic acids is 1. The summed E-state index contributed by atoms with van der Waals surface area (Å²) in [7, 11) is -3.96. The Bertz CT molecular complexity index is 608. The smallest absolute Gasteiger partial charge is 0.325 e. The van der Waals surface area contributed by atoms with Crippen LogP contribution >= 0.6 is 0 Å². The minimum Gasteiger partial charge on any atom is -0.459 e. The third kappa shape index (κ3) is 5.14. The van der Waals surface area contributed by atoms with Crippen molar-refractivity contribution >= 4 is 21.7 Å². The third-order valence-corrected chi connectivity index (χ3v) is 3.02. The van der Waals surface area contributed by atoms with Gasteiger partial charge in [-0.05, 0) is 39.0 Å². The zero-order valence-corrected chi connectivity index (χ0v) is 12.3. The Balaban J connectivity index is 2.73. The Morgan fingerprint density at radius 1 is 1.40 bits per heavy atom. The van der Waals surface area contributed by atoms with Gasteiger partial charge in [0.1, 0.15) is 18.0 Å². The number of hydrogen-bond donors (Lipinski definition) is 2. The predicted octanol–water partition coefficient (Wildman–Crippen LogP) is 1.23. The molecule has 0 radical (unpaired) electrons. The largest absolute Gasteiger partial charge is 0.459 e. The first-order valence-corrected chi connectivity index (χ1v) is 7.32. The van der Waals surface area contributed by atoms with E-state index >= 15 is 0 Å². The van der Waals surface area contributed by atoms with E-state index in [0.29, 0.717) is 0 Å². The maximum absolute atomic E-state index is 13.6. The van der Waals surface area contributed by atoms with Gasteiger partial charge in [0.05, 0.1) is 10.6 Å². The molecule has 6 nitrogen and oxygen atoms in total. The van der Waals surface area contributed by atoms with E-state index < -0.39 is 27.4 Å². The summed E-state index contributed by atoms with van der Waals surface area (Å²) in [4.78, 5) is 11.1. The molecule has 0 atom stereocenters. The van der Waals surface area contributed by atoms with Crippen LogP contribution < -0.4 is 10.5 Å². The second-order valence-electron chi connectivity index (χ2n) is 5.13. The lowest BCUT2D eigenvalue weighted by Gasteiger charge is -2.19. The van der Waals surface area contributed by atoms with E-state index in [1.54, 1.807) is 20.8 Å². The van der Waals surface area contributed by atoms with E-state index in [1.165, 1.54) is 6.07 Å². The number of ether oxygens (including phenoxy) is 1. The number of hydrogen-bond acceptors (Lipinski definition) is 5. The monoisotopic (exact) mass is 304 g/mol. The lowest BCUT2D eigenvalue weighted by molar-refractivity contribution is -0.152. The van der Waals surface area contributed by atoms with E-state index in [1.807, 2.05) is 0 Å². The Morgan fingerprint density at radius 2 is 2.00 bits per heavy atom. The SMILES string of the molecule is CC(C)(C)OC(=O)CNc1ccc(S(N)(=O)=O)cc1F. The molecule has 3 N–H and O–H groups in total. The molecule has 0 spiro atoms. The highest BCUT2D eigenvalue weighted by molar-refractivity contribution is 7.89. The summed E-state index contributed by atoms with van der Waals surface area (Å²) in [6.07, 6.45) is 0. The average molecular weight is 304 g/mol. The van der Waals surface area contributed by atoms with E-state index in [-0.39, 0.29) is 17.1 Å². The molecule has 0 unspecified atom stereocenters. The van der Waals surface area contributed by atoms with Crippen molar-refractivity contribution in [2.24, 2.45) is 5.14 Å². The fourth-order valence-electron chi connectivity index (χ4n) is 1.36. The molecule has 0 aliphatic heterocycles. The first kappa shape index (κ1) is 16.4. The third-order valence-electron chi connectivity index (χ3n) is 2.11. The fourth-order valence-corrected chi connectivity index (χ4v) is 1.89. The van der Waals surface area contributed by atoms with Gasteiger partial charge in [0, 0.05) is 0 Å². The summed E-state index contributed by atoms with van der Waals surface area (Å²) in [5, 5.41) is 7.41. The van der Waals surface area contributed by atoms with Crippen LogP contribution in [0, 0.1) is 5.82 Å². The van der Waals surface area contributed by atoms with Crippen LogP contribution in [0.5, 0.6) is 0 Å². The maximum atomic E-state index is 13.6. The Kier molecular flexibility index (Phi) is 4.72. The van der Waals surface area contributed by atoms with Gasteiger partial charge in [0.2, 0.25) is 10.0 Å². The number of esters is 1. The van der Waals surface area contributed by atoms with Crippen LogP contribution in [-0.4, -0.2) is 26.5 Å². The van der Waals surface area contributed by atoms with Crippen molar-refractivity contribution in [3.8, 4) is 0 Å². The van der Waals surface area contributed by atoms with Gasteiger partial charge in [-0.3, -0.25) is 4.79 Å². The standard InChI is InChI=1S/C12H17FN2O4S/c1-12(2,3)19-11(16)7-15-10-5-4-8(6-9(10)13)20(14,17)18/h4-6,15H,7H2,1-3H3,(H2,14,17,18). The van der Waals surface area contributed by atoms with Crippen molar-refractivity contribution in [1.82, 2.24) is 0 Å². The Hall–Kier alpha value is -1.67. The number of sulfonamides is 1. The number of benzene rings is 1. The van der Waals surface area contributed by atoms with E-state index in [0.717, 1.165) is 12.1 Å². The van der Waals surface area contributed by atoms with E-state index in [4.69, 9.17) is 9.88 Å². The lowest BCUT2D eigenvalue weighted by atomic mass is 10.2. The highest BCUT2D eigenvalue weighted by atomic mass is 32.2. The second-order valence-corrected chi connectivity index (χ2v) is 6.69. The summed E-state index contributed by atoms with van der Waals surface area (Å²) in [6, 6.07) is 3.13. The molecule has 0 amide bonds. The van der Waals surface area contributed by atoms with Crippen molar-refractivity contribution < 1.29 is 22.3 Å². The Labute approximate surface area is 117 Å². The summed E-state index contributed by atoms with van der Waals surface area (Å²) < 4.78 is 40.7. The first-order valence-electron chi connectivity index (χ1n) is 5.77. The molecule has 0 aliphatic carbocycles. The van der Waals surface area contributed by atoms with Gasteiger partial charge in [-0.1, -0.05) is 0 Å². The molecular formula is C12H17FN2O4S. The summed E-state index contributed by atoms with van der Waals surface area (Å²) >= 11 is 0.